The first-order valence-electron chi connectivity index (χ1n) is 5.80. The summed E-state index contributed by atoms with van der Waals surface area (Å²) in [6, 6.07) is 18.8. The third-order valence-corrected chi connectivity index (χ3v) is 2.52. The van der Waals surface area contributed by atoms with Crippen molar-refractivity contribution in [3.63, 3.8) is 0 Å². The Kier molecular flexibility index (Phi) is 3.78. The summed E-state index contributed by atoms with van der Waals surface area (Å²) in [4.78, 5) is 2.17. The number of nitrogens with zero attached hydrogens (tertiary/aromatic N) is 1. The molecule has 2 nitrogen and oxygen atoms in total. The van der Waals surface area contributed by atoms with Gasteiger partial charge in [0.2, 0.25) is 0 Å². The number of para-hydroxylation sites is 1. The summed E-state index contributed by atoms with van der Waals surface area (Å²) in [5, 5.41) is 3.37. The summed E-state index contributed by atoms with van der Waals surface area (Å²) < 4.78 is 0. The van der Waals surface area contributed by atoms with Crippen molar-refractivity contribution in [3.8, 4) is 0 Å². The van der Waals surface area contributed by atoms with Gasteiger partial charge in [-0.15, -0.1) is 0 Å². The largest absolute Gasteiger partial charge is 0.356 e. The molecule has 0 spiro atoms. The maximum Gasteiger partial charge on any atom is 0.0384 e. The first-order valence-corrected chi connectivity index (χ1v) is 5.80. The molecule has 0 atom stereocenters. The van der Waals surface area contributed by atoms with Gasteiger partial charge in [-0.2, -0.15) is 0 Å². The fraction of sp³-hybridized carbons (Fsp3) is 0.200. The van der Waals surface area contributed by atoms with Gasteiger partial charge in [-0.3, -0.25) is 0 Å². The SMILES string of the molecule is CN(C)Cc1ccc(Nc2ccccc2)cc1. The number of hydrogen-bond acceptors (Lipinski definition) is 2. The molecule has 0 saturated heterocycles. The van der Waals surface area contributed by atoms with Crippen LogP contribution in [0.3, 0.4) is 0 Å². The van der Waals surface area contributed by atoms with Gasteiger partial charge in [-0.25, -0.2) is 0 Å². The molecule has 0 fully saturated rings. The maximum absolute atomic E-state index is 3.37. The molecule has 0 aliphatic rings. The maximum atomic E-state index is 3.37. The molecule has 0 aliphatic heterocycles. The van der Waals surface area contributed by atoms with Gasteiger partial charge in [0, 0.05) is 17.9 Å². The first-order chi connectivity index (χ1) is 8.24. The molecular formula is C15H18N2. The number of benzene rings is 2. The summed E-state index contributed by atoms with van der Waals surface area (Å²) in [5.41, 5.74) is 3.57. The zero-order valence-corrected chi connectivity index (χ0v) is 10.4. The summed E-state index contributed by atoms with van der Waals surface area (Å²) in [7, 11) is 4.16. The normalized spacial score (nSPS) is 10.5. The van der Waals surface area contributed by atoms with Crippen molar-refractivity contribution < 1.29 is 0 Å². The van der Waals surface area contributed by atoms with E-state index < -0.39 is 0 Å². The fourth-order valence-corrected chi connectivity index (χ4v) is 1.75. The lowest BCUT2D eigenvalue weighted by Gasteiger charge is -2.11. The zero-order valence-electron chi connectivity index (χ0n) is 10.4. The highest BCUT2D eigenvalue weighted by molar-refractivity contribution is 5.59. The van der Waals surface area contributed by atoms with E-state index in [4.69, 9.17) is 0 Å². The molecule has 2 aromatic rings. The summed E-state index contributed by atoms with van der Waals surface area (Å²) >= 11 is 0. The molecule has 0 heterocycles. The van der Waals surface area contributed by atoms with Crippen LogP contribution in [0.1, 0.15) is 5.56 Å². The van der Waals surface area contributed by atoms with Crippen LogP contribution in [0.2, 0.25) is 0 Å². The van der Waals surface area contributed by atoms with Gasteiger partial charge in [0.1, 0.15) is 0 Å². The Morgan fingerprint density at radius 2 is 1.41 bits per heavy atom. The smallest absolute Gasteiger partial charge is 0.0384 e. The van der Waals surface area contributed by atoms with Crippen LogP contribution in [-0.4, -0.2) is 19.0 Å². The second kappa shape index (κ2) is 5.51. The van der Waals surface area contributed by atoms with E-state index in [1.54, 1.807) is 0 Å². The molecule has 1 N–H and O–H groups in total. The average Bonchev–Trinajstić information content (AvgIpc) is 2.32. The van der Waals surface area contributed by atoms with Crippen molar-refractivity contribution >= 4 is 11.4 Å². The Bertz CT molecular complexity index is 446. The third-order valence-electron chi connectivity index (χ3n) is 2.52. The molecule has 88 valence electrons. The monoisotopic (exact) mass is 226 g/mol. The lowest BCUT2D eigenvalue weighted by atomic mass is 10.2. The van der Waals surface area contributed by atoms with Crippen molar-refractivity contribution in [2.75, 3.05) is 19.4 Å². The molecule has 2 rings (SSSR count). The highest BCUT2D eigenvalue weighted by atomic mass is 15.0. The molecule has 2 heteroatoms. The van der Waals surface area contributed by atoms with Crippen LogP contribution in [-0.2, 0) is 6.54 Å². The van der Waals surface area contributed by atoms with Crippen molar-refractivity contribution in [2.45, 2.75) is 6.54 Å². The van der Waals surface area contributed by atoms with Crippen molar-refractivity contribution in [2.24, 2.45) is 0 Å². The molecule has 0 unspecified atom stereocenters. The van der Waals surface area contributed by atoms with Crippen molar-refractivity contribution in [1.29, 1.82) is 0 Å². The molecular weight excluding hydrogens is 208 g/mol. The standard InChI is InChI=1S/C15H18N2/c1-17(2)12-13-8-10-15(11-9-13)16-14-6-4-3-5-7-14/h3-11,16H,12H2,1-2H3. The predicted molar refractivity (Wildman–Crippen MR) is 73.6 cm³/mol. The lowest BCUT2D eigenvalue weighted by molar-refractivity contribution is 0.402. The second-order valence-corrected chi connectivity index (χ2v) is 4.43. The van der Waals surface area contributed by atoms with Gasteiger partial charge in [-0.1, -0.05) is 30.3 Å². The predicted octanol–water partition coefficient (Wildman–Crippen LogP) is 3.49. The fourth-order valence-electron chi connectivity index (χ4n) is 1.75. The lowest BCUT2D eigenvalue weighted by Crippen LogP contribution is -2.10. The Morgan fingerprint density at radius 1 is 0.824 bits per heavy atom. The molecule has 0 aliphatic carbocycles. The number of nitrogens with one attached hydrogen (secondary N) is 1. The summed E-state index contributed by atoms with van der Waals surface area (Å²) in [5.74, 6) is 0. The van der Waals surface area contributed by atoms with Gasteiger partial charge >= 0.3 is 0 Å². The Morgan fingerprint density at radius 3 is 2.00 bits per heavy atom. The zero-order chi connectivity index (χ0) is 12.1. The van der Waals surface area contributed by atoms with E-state index in [0.717, 1.165) is 17.9 Å². The minimum Gasteiger partial charge on any atom is -0.356 e. The van der Waals surface area contributed by atoms with Gasteiger partial charge < -0.3 is 10.2 Å². The highest BCUT2D eigenvalue weighted by Crippen LogP contribution is 2.16. The molecule has 17 heavy (non-hydrogen) atoms. The molecule has 0 bridgehead atoms. The quantitative estimate of drug-likeness (QED) is 0.858. The van der Waals surface area contributed by atoms with Crippen LogP contribution in [0.25, 0.3) is 0 Å². The average molecular weight is 226 g/mol. The van der Waals surface area contributed by atoms with E-state index in [9.17, 15) is 0 Å². The number of rotatable bonds is 4. The van der Waals surface area contributed by atoms with Crippen LogP contribution in [0, 0.1) is 0 Å². The third kappa shape index (κ3) is 3.61. The van der Waals surface area contributed by atoms with E-state index in [0.29, 0.717) is 0 Å². The molecule has 0 amide bonds. The minimum absolute atomic E-state index is 0.978. The number of hydrogen-bond donors (Lipinski definition) is 1. The second-order valence-electron chi connectivity index (χ2n) is 4.43. The molecule has 0 saturated carbocycles. The van der Waals surface area contributed by atoms with Crippen molar-refractivity contribution in [1.82, 2.24) is 4.90 Å². The molecule has 0 radical (unpaired) electrons. The highest BCUT2D eigenvalue weighted by Gasteiger charge is 1.96. The van der Waals surface area contributed by atoms with Gasteiger partial charge in [0.15, 0.2) is 0 Å². The van der Waals surface area contributed by atoms with E-state index in [-0.39, 0.29) is 0 Å². The van der Waals surface area contributed by atoms with E-state index in [1.807, 2.05) is 18.2 Å². The Balaban J connectivity index is 2.03. The van der Waals surface area contributed by atoms with Crippen LogP contribution in [0.4, 0.5) is 11.4 Å². The molecule has 2 aromatic carbocycles. The van der Waals surface area contributed by atoms with Gasteiger partial charge in [-0.05, 0) is 43.9 Å². The topological polar surface area (TPSA) is 15.3 Å². The summed E-state index contributed by atoms with van der Waals surface area (Å²) in [6.07, 6.45) is 0. The summed E-state index contributed by atoms with van der Waals surface area (Å²) in [6.45, 7) is 0.978. The van der Waals surface area contributed by atoms with Crippen molar-refractivity contribution in [3.05, 3.63) is 60.2 Å². The van der Waals surface area contributed by atoms with Gasteiger partial charge in [0.05, 0.1) is 0 Å². The van der Waals surface area contributed by atoms with Crippen LogP contribution >= 0.6 is 0 Å². The van der Waals surface area contributed by atoms with Gasteiger partial charge in [0.25, 0.3) is 0 Å². The van der Waals surface area contributed by atoms with E-state index in [2.05, 4.69) is 60.7 Å². The Labute approximate surface area is 103 Å². The molecule has 0 aromatic heterocycles. The van der Waals surface area contributed by atoms with Crippen LogP contribution in [0.5, 0.6) is 0 Å². The van der Waals surface area contributed by atoms with E-state index in [1.165, 1.54) is 5.56 Å². The van der Waals surface area contributed by atoms with Crippen LogP contribution < -0.4 is 5.32 Å². The minimum atomic E-state index is 0.978. The number of anilines is 2. The van der Waals surface area contributed by atoms with E-state index >= 15 is 0 Å². The first kappa shape index (κ1) is 11.7. The van der Waals surface area contributed by atoms with Crippen LogP contribution in [0.15, 0.2) is 54.6 Å². The Hall–Kier alpha value is -1.80.